The van der Waals surface area contributed by atoms with E-state index in [9.17, 15) is 13.2 Å². The number of rotatable bonds is 9. The highest BCUT2D eigenvalue weighted by atomic mass is 19.4. The van der Waals surface area contributed by atoms with Gasteiger partial charge >= 0.3 is 6.18 Å². The van der Waals surface area contributed by atoms with Crippen LogP contribution in [0.3, 0.4) is 0 Å². The van der Waals surface area contributed by atoms with Gasteiger partial charge in [0.15, 0.2) is 0 Å². The number of unbranched alkanes of at least 4 members (excludes halogenated alkanes) is 6. The van der Waals surface area contributed by atoms with Gasteiger partial charge in [0.1, 0.15) is 5.75 Å². The first-order valence-corrected chi connectivity index (χ1v) is 7.18. The number of aromatic nitrogens is 1. The first kappa shape index (κ1) is 16.8. The Bertz CT molecular complexity index is 362. The van der Waals surface area contributed by atoms with Crippen molar-refractivity contribution in [1.82, 2.24) is 4.98 Å². The molecule has 1 rings (SSSR count). The maximum absolute atomic E-state index is 11.9. The van der Waals surface area contributed by atoms with Crippen molar-refractivity contribution < 1.29 is 18.3 Å². The van der Waals surface area contributed by atoms with E-state index in [0.29, 0.717) is 6.42 Å². The molecule has 0 atom stereocenters. The number of hydrogen-bond donors (Lipinski definition) is 1. The second kappa shape index (κ2) is 8.82. The Morgan fingerprint density at radius 3 is 2.05 bits per heavy atom. The van der Waals surface area contributed by atoms with Crippen LogP contribution >= 0.6 is 0 Å². The molecule has 0 saturated heterocycles. The molecule has 0 aromatic carbocycles. The molecule has 1 N–H and O–H groups in total. The quantitative estimate of drug-likeness (QED) is 0.648. The van der Waals surface area contributed by atoms with Gasteiger partial charge in [-0.25, -0.2) is 0 Å². The standard InChI is InChI=1S/C15H22F3NO/c16-15(17,18)11-7-5-3-1-2-4-6-8-13-9-10-14(20)12-19-13/h9-10,12,20H,1-8,11H2. The van der Waals surface area contributed by atoms with Gasteiger partial charge in [-0.1, -0.05) is 32.1 Å². The molecule has 1 heterocycles. The smallest absolute Gasteiger partial charge is 0.389 e. The summed E-state index contributed by atoms with van der Waals surface area (Å²) in [5, 5.41) is 9.09. The van der Waals surface area contributed by atoms with Crippen molar-refractivity contribution in [2.24, 2.45) is 0 Å². The van der Waals surface area contributed by atoms with E-state index < -0.39 is 12.6 Å². The second-order valence-electron chi connectivity index (χ2n) is 5.10. The summed E-state index contributed by atoms with van der Waals surface area (Å²) in [6.07, 6.45) is 3.63. The molecular formula is C15H22F3NO. The number of alkyl halides is 3. The number of nitrogens with zero attached hydrogens (tertiary/aromatic N) is 1. The van der Waals surface area contributed by atoms with Gasteiger partial charge in [-0.2, -0.15) is 13.2 Å². The normalized spacial score (nSPS) is 11.8. The Balaban J connectivity index is 1.91. The zero-order chi connectivity index (χ0) is 14.8. The summed E-state index contributed by atoms with van der Waals surface area (Å²) in [7, 11) is 0. The van der Waals surface area contributed by atoms with E-state index in [1.54, 1.807) is 6.07 Å². The molecule has 20 heavy (non-hydrogen) atoms. The van der Waals surface area contributed by atoms with Crippen LogP contribution in [0.15, 0.2) is 18.3 Å². The number of hydrogen-bond acceptors (Lipinski definition) is 2. The van der Waals surface area contributed by atoms with Gasteiger partial charge in [0, 0.05) is 12.1 Å². The van der Waals surface area contributed by atoms with Crippen LogP contribution < -0.4 is 0 Å². The Morgan fingerprint density at radius 1 is 0.900 bits per heavy atom. The lowest BCUT2D eigenvalue weighted by Crippen LogP contribution is -2.06. The molecule has 1 aromatic rings. The largest absolute Gasteiger partial charge is 0.506 e. The molecular weight excluding hydrogens is 267 g/mol. The van der Waals surface area contributed by atoms with Gasteiger partial charge < -0.3 is 5.11 Å². The predicted octanol–water partition coefficient (Wildman–Crippen LogP) is 5.01. The Hall–Kier alpha value is -1.26. The van der Waals surface area contributed by atoms with Crippen molar-refractivity contribution in [3.05, 3.63) is 24.0 Å². The molecule has 0 bridgehead atoms. The minimum absolute atomic E-state index is 0.174. The molecule has 1 aromatic heterocycles. The maximum Gasteiger partial charge on any atom is 0.389 e. The highest BCUT2D eigenvalue weighted by molar-refractivity contribution is 5.17. The maximum atomic E-state index is 11.9. The number of aromatic hydroxyl groups is 1. The SMILES string of the molecule is Oc1ccc(CCCCCCCCCC(F)(F)F)nc1. The average Bonchev–Trinajstić information content (AvgIpc) is 2.37. The summed E-state index contributed by atoms with van der Waals surface area (Å²) in [6, 6.07) is 3.44. The first-order chi connectivity index (χ1) is 9.47. The van der Waals surface area contributed by atoms with Gasteiger partial charge in [-0.05, 0) is 31.4 Å². The van der Waals surface area contributed by atoms with Gasteiger partial charge in [0.2, 0.25) is 0 Å². The summed E-state index contributed by atoms with van der Waals surface area (Å²) in [5.41, 5.74) is 0.966. The molecule has 0 fully saturated rings. The van der Waals surface area contributed by atoms with Crippen molar-refractivity contribution in [3.8, 4) is 5.75 Å². The fourth-order valence-corrected chi connectivity index (χ4v) is 2.08. The van der Waals surface area contributed by atoms with Crippen molar-refractivity contribution in [3.63, 3.8) is 0 Å². The van der Waals surface area contributed by atoms with Crippen molar-refractivity contribution in [2.45, 2.75) is 64.0 Å². The van der Waals surface area contributed by atoms with Crippen molar-refractivity contribution in [2.75, 3.05) is 0 Å². The van der Waals surface area contributed by atoms with Gasteiger partial charge in [0.05, 0.1) is 6.20 Å². The lowest BCUT2D eigenvalue weighted by Gasteiger charge is -2.05. The zero-order valence-electron chi connectivity index (χ0n) is 11.6. The van der Waals surface area contributed by atoms with Crippen LogP contribution in [0.4, 0.5) is 13.2 Å². The monoisotopic (exact) mass is 289 g/mol. The lowest BCUT2D eigenvalue weighted by molar-refractivity contribution is -0.135. The molecule has 0 aliphatic heterocycles. The van der Waals surface area contributed by atoms with Gasteiger partial charge in [-0.15, -0.1) is 0 Å². The predicted molar refractivity (Wildman–Crippen MR) is 72.6 cm³/mol. The zero-order valence-corrected chi connectivity index (χ0v) is 11.6. The fraction of sp³-hybridized carbons (Fsp3) is 0.667. The van der Waals surface area contributed by atoms with Crippen molar-refractivity contribution >= 4 is 0 Å². The highest BCUT2D eigenvalue weighted by Crippen LogP contribution is 2.23. The van der Waals surface area contributed by atoms with Crippen LogP contribution in [0, 0.1) is 0 Å². The summed E-state index contributed by atoms with van der Waals surface area (Å²) in [6.45, 7) is 0. The second-order valence-corrected chi connectivity index (χ2v) is 5.10. The number of pyridine rings is 1. The third kappa shape index (κ3) is 8.77. The van der Waals surface area contributed by atoms with Gasteiger partial charge in [0.25, 0.3) is 0 Å². The number of aryl methyl sites for hydroxylation is 1. The van der Waals surface area contributed by atoms with Gasteiger partial charge in [-0.3, -0.25) is 4.98 Å². The lowest BCUT2D eigenvalue weighted by atomic mass is 10.1. The Labute approximate surface area is 118 Å². The topological polar surface area (TPSA) is 33.1 Å². The summed E-state index contributed by atoms with van der Waals surface area (Å²) in [5.74, 6) is 0.174. The number of halogens is 3. The minimum Gasteiger partial charge on any atom is -0.506 e. The fourth-order valence-electron chi connectivity index (χ4n) is 2.08. The van der Waals surface area contributed by atoms with E-state index in [2.05, 4.69) is 4.98 Å². The molecule has 5 heteroatoms. The van der Waals surface area contributed by atoms with E-state index in [0.717, 1.165) is 44.2 Å². The molecule has 0 aliphatic rings. The van der Waals surface area contributed by atoms with Crippen LogP contribution in [0.5, 0.6) is 5.75 Å². The molecule has 2 nitrogen and oxygen atoms in total. The van der Waals surface area contributed by atoms with E-state index in [1.165, 1.54) is 6.20 Å². The average molecular weight is 289 g/mol. The molecule has 0 aliphatic carbocycles. The van der Waals surface area contributed by atoms with Crippen LogP contribution in [-0.4, -0.2) is 16.3 Å². The van der Waals surface area contributed by atoms with Crippen LogP contribution in [0.25, 0.3) is 0 Å². The highest BCUT2D eigenvalue weighted by Gasteiger charge is 2.25. The molecule has 0 spiro atoms. The summed E-state index contributed by atoms with van der Waals surface area (Å²) >= 11 is 0. The van der Waals surface area contributed by atoms with E-state index in [-0.39, 0.29) is 12.2 Å². The van der Waals surface area contributed by atoms with Crippen LogP contribution in [-0.2, 0) is 6.42 Å². The minimum atomic E-state index is -4.00. The van der Waals surface area contributed by atoms with E-state index >= 15 is 0 Å². The molecule has 114 valence electrons. The third-order valence-corrected chi connectivity index (χ3v) is 3.20. The van der Waals surface area contributed by atoms with E-state index in [1.807, 2.05) is 6.07 Å². The van der Waals surface area contributed by atoms with Crippen LogP contribution in [0.2, 0.25) is 0 Å². The third-order valence-electron chi connectivity index (χ3n) is 3.20. The molecule has 0 amide bonds. The molecule has 0 radical (unpaired) electrons. The summed E-state index contributed by atoms with van der Waals surface area (Å²) in [4.78, 5) is 4.10. The Morgan fingerprint density at radius 2 is 1.50 bits per heavy atom. The molecule has 0 unspecified atom stereocenters. The Kier molecular flexibility index (Phi) is 7.41. The first-order valence-electron chi connectivity index (χ1n) is 7.18. The molecule has 0 saturated carbocycles. The van der Waals surface area contributed by atoms with Crippen molar-refractivity contribution in [1.29, 1.82) is 0 Å². The van der Waals surface area contributed by atoms with E-state index in [4.69, 9.17) is 5.11 Å². The van der Waals surface area contributed by atoms with Crippen LogP contribution in [0.1, 0.15) is 57.1 Å². The summed E-state index contributed by atoms with van der Waals surface area (Å²) < 4.78 is 35.7.